The molecule has 2 aromatic heterocycles. The van der Waals surface area contributed by atoms with E-state index < -0.39 is 0 Å². The van der Waals surface area contributed by atoms with E-state index in [4.69, 9.17) is 0 Å². The fraction of sp³-hybridized carbons (Fsp3) is 0. The molecule has 0 saturated heterocycles. The molecule has 0 atom stereocenters. The number of nitrogens with zero attached hydrogens (tertiary/aromatic N) is 2. The molecule has 0 aliphatic rings. The van der Waals surface area contributed by atoms with Gasteiger partial charge < -0.3 is 9.13 Å². The Morgan fingerprint density at radius 2 is 0.719 bits per heavy atom. The Hall–Kier alpha value is -6.94. The first kappa shape index (κ1) is 33.4. The predicted molar refractivity (Wildman–Crippen MR) is 245 cm³/mol. The molecule has 0 aliphatic heterocycles. The summed E-state index contributed by atoms with van der Waals surface area (Å²) in [7, 11) is 0. The van der Waals surface area contributed by atoms with Gasteiger partial charge in [0, 0.05) is 37.4 Å². The first-order valence-corrected chi connectivity index (χ1v) is 20.2. The SMILES string of the molecule is Brc1ccccc1-c1cc(-c2ccc3c(c2)c2ccccc2n3-c2ccccc2)cc(-c2ccc3c(c2)c2ccccc2n3-c2cccc(-c3ccccc3)c2)c1. The highest BCUT2D eigenvalue weighted by Crippen LogP contribution is 2.41. The molecule has 3 heteroatoms. The molecule has 2 nitrogen and oxygen atoms in total. The summed E-state index contributed by atoms with van der Waals surface area (Å²) in [4.78, 5) is 0. The topological polar surface area (TPSA) is 9.86 Å². The van der Waals surface area contributed by atoms with Crippen molar-refractivity contribution in [3.63, 3.8) is 0 Å². The quantitative estimate of drug-likeness (QED) is 0.159. The third kappa shape index (κ3) is 5.70. The second kappa shape index (κ2) is 13.7. The maximum atomic E-state index is 3.88. The van der Waals surface area contributed by atoms with Crippen molar-refractivity contribution in [3.8, 4) is 55.9 Å². The second-order valence-electron chi connectivity index (χ2n) is 14.7. The van der Waals surface area contributed by atoms with Crippen molar-refractivity contribution in [1.29, 1.82) is 0 Å². The molecular weight excluding hydrogens is 757 g/mol. The van der Waals surface area contributed by atoms with Gasteiger partial charge in [-0.15, -0.1) is 0 Å². The number of hydrogen-bond donors (Lipinski definition) is 0. The van der Waals surface area contributed by atoms with E-state index in [1.807, 2.05) is 0 Å². The zero-order chi connectivity index (χ0) is 37.9. The number of halogens is 1. The highest BCUT2D eigenvalue weighted by molar-refractivity contribution is 9.10. The lowest BCUT2D eigenvalue weighted by Crippen LogP contribution is -1.94. The van der Waals surface area contributed by atoms with Crippen LogP contribution >= 0.6 is 15.9 Å². The largest absolute Gasteiger partial charge is 0.309 e. The fourth-order valence-electron chi connectivity index (χ4n) is 8.71. The molecule has 0 spiro atoms. The minimum absolute atomic E-state index is 1.07. The van der Waals surface area contributed by atoms with Gasteiger partial charge in [-0.1, -0.05) is 143 Å². The first-order valence-electron chi connectivity index (χ1n) is 19.4. The van der Waals surface area contributed by atoms with E-state index in [0.717, 1.165) is 15.8 Å². The molecule has 0 N–H and O–H groups in total. The maximum absolute atomic E-state index is 3.88. The Balaban J connectivity index is 1.10. The standard InChI is InChI=1S/C54H35BrN2/c55-50-23-10-7-20-45(50)42-31-40(38-26-28-53-48(34-38)46-21-8-11-24-51(46)56(53)43-17-5-2-6-18-43)30-41(32-42)39-27-29-54-49(35-39)47-22-9-12-25-52(47)57(54)44-19-13-16-37(33-44)36-14-3-1-4-15-36/h1-35H. The Morgan fingerprint density at radius 1 is 0.263 bits per heavy atom. The van der Waals surface area contributed by atoms with Gasteiger partial charge in [-0.25, -0.2) is 0 Å². The number of rotatable bonds is 6. The van der Waals surface area contributed by atoms with Gasteiger partial charge in [0.1, 0.15) is 0 Å². The highest BCUT2D eigenvalue weighted by atomic mass is 79.9. The Morgan fingerprint density at radius 3 is 1.35 bits per heavy atom. The second-order valence-corrected chi connectivity index (χ2v) is 15.6. The third-order valence-corrected chi connectivity index (χ3v) is 12.0. The molecule has 0 bridgehead atoms. The molecule has 0 aliphatic carbocycles. The van der Waals surface area contributed by atoms with Crippen molar-refractivity contribution in [3.05, 3.63) is 217 Å². The van der Waals surface area contributed by atoms with Crippen LogP contribution in [0.5, 0.6) is 0 Å². The van der Waals surface area contributed by atoms with Crippen LogP contribution in [0.4, 0.5) is 0 Å². The highest BCUT2D eigenvalue weighted by Gasteiger charge is 2.17. The van der Waals surface area contributed by atoms with E-state index in [9.17, 15) is 0 Å². The van der Waals surface area contributed by atoms with Crippen LogP contribution in [0.3, 0.4) is 0 Å². The van der Waals surface area contributed by atoms with E-state index in [1.54, 1.807) is 0 Å². The monoisotopic (exact) mass is 790 g/mol. The molecule has 0 amide bonds. The molecular formula is C54H35BrN2. The Kier molecular flexibility index (Phi) is 8.01. The van der Waals surface area contributed by atoms with Gasteiger partial charge in [0.05, 0.1) is 22.1 Å². The summed E-state index contributed by atoms with van der Waals surface area (Å²) in [6, 6.07) is 77.2. The number of hydrogen-bond acceptors (Lipinski definition) is 0. The average molecular weight is 792 g/mol. The number of para-hydroxylation sites is 3. The number of aromatic nitrogens is 2. The minimum Gasteiger partial charge on any atom is -0.309 e. The molecule has 2 heterocycles. The molecule has 9 aromatic carbocycles. The average Bonchev–Trinajstić information content (AvgIpc) is 3.79. The van der Waals surface area contributed by atoms with Crippen LogP contribution in [0.15, 0.2) is 217 Å². The third-order valence-electron chi connectivity index (χ3n) is 11.4. The smallest absolute Gasteiger partial charge is 0.0541 e. The number of fused-ring (bicyclic) bond motifs is 6. The van der Waals surface area contributed by atoms with Crippen LogP contribution in [0.2, 0.25) is 0 Å². The van der Waals surface area contributed by atoms with Crippen LogP contribution < -0.4 is 0 Å². The van der Waals surface area contributed by atoms with Gasteiger partial charge in [-0.05, 0) is 129 Å². The zero-order valence-electron chi connectivity index (χ0n) is 31.0. The lowest BCUT2D eigenvalue weighted by atomic mass is 9.92. The van der Waals surface area contributed by atoms with Crippen LogP contribution in [0, 0.1) is 0 Å². The van der Waals surface area contributed by atoms with E-state index in [0.29, 0.717) is 0 Å². The van der Waals surface area contributed by atoms with Crippen molar-refractivity contribution in [1.82, 2.24) is 9.13 Å². The Labute approximate surface area is 339 Å². The van der Waals surface area contributed by atoms with E-state index in [1.165, 1.54) is 88.1 Å². The fourth-order valence-corrected chi connectivity index (χ4v) is 9.22. The molecule has 11 rings (SSSR count). The predicted octanol–water partition coefficient (Wildman–Crippen LogP) is 15.3. The van der Waals surface area contributed by atoms with E-state index >= 15 is 0 Å². The van der Waals surface area contributed by atoms with Gasteiger partial charge in [0.15, 0.2) is 0 Å². The molecule has 0 saturated carbocycles. The summed E-state index contributed by atoms with van der Waals surface area (Å²) in [6.45, 7) is 0. The van der Waals surface area contributed by atoms with Crippen LogP contribution in [0.25, 0.3) is 99.5 Å². The summed E-state index contributed by atoms with van der Waals surface area (Å²) >= 11 is 3.88. The molecule has 0 radical (unpaired) electrons. The molecule has 0 unspecified atom stereocenters. The summed E-state index contributed by atoms with van der Waals surface area (Å²) in [6.07, 6.45) is 0. The molecule has 268 valence electrons. The maximum Gasteiger partial charge on any atom is 0.0541 e. The summed E-state index contributed by atoms with van der Waals surface area (Å²) < 4.78 is 5.86. The zero-order valence-corrected chi connectivity index (χ0v) is 32.6. The minimum atomic E-state index is 1.07. The van der Waals surface area contributed by atoms with Crippen molar-refractivity contribution >= 4 is 59.5 Å². The van der Waals surface area contributed by atoms with Crippen molar-refractivity contribution in [2.75, 3.05) is 0 Å². The Bertz CT molecular complexity index is 3300. The summed E-state index contributed by atoms with van der Waals surface area (Å²) in [5.41, 5.74) is 16.6. The first-order chi connectivity index (χ1) is 28.2. The van der Waals surface area contributed by atoms with Gasteiger partial charge in [0.2, 0.25) is 0 Å². The van der Waals surface area contributed by atoms with Crippen molar-refractivity contribution < 1.29 is 0 Å². The van der Waals surface area contributed by atoms with Crippen LogP contribution in [0.1, 0.15) is 0 Å². The van der Waals surface area contributed by atoms with Crippen LogP contribution in [-0.2, 0) is 0 Å². The lowest BCUT2D eigenvalue weighted by Gasteiger charge is -2.14. The van der Waals surface area contributed by atoms with Gasteiger partial charge in [-0.2, -0.15) is 0 Å². The van der Waals surface area contributed by atoms with Gasteiger partial charge >= 0.3 is 0 Å². The van der Waals surface area contributed by atoms with Crippen molar-refractivity contribution in [2.45, 2.75) is 0 Å². The summed E-state index contributed by atoms with van der Waals surface area (Å²) in [5.74, 6) is 0. The lowest BCUT2D eigenvalue weighted by molar-refractivity contribution is 1.18. The normalized spacial score (nSPS) is 11.6. The molecule has 0 fully saturated rings. The van der Waals surface area contributed by atoms with Gasteiger partial charge in [0.25, 0.3) is 0 Å². The molecule has 11 aromatic rings. The summed E-state index contributed by atoms with van der Waals surface area (Å²) in [5, 5.41) is 4.96. The number of benzene rings is 9. The molecule has 57 heavy (non-hydrogen) atoms. The van der Waals surface area contributed by atoms with E-state index in [-0.39, 0.29) is 0 Å². The van der Waals surface area contributed by atoms with Crippen LogP contribution in [-0.4, -0.2) is 9.13 Å². The van der Waals surface area contributed by atoms with E-state index in [2.05, 4.69) is 237 Å². The van der Waals surface area contributed by atoms with Gasteiger partial charge in [-0.3, -0.25) is 0 Å². The van der Waals surface area contributed by atoms with Crippen molar-refractivity contribution in [2.24, 2.45) is 0 Å².